The maximum absolute atomic E-state index is 12.0. The summed E-state index contributed by atoms with van der Waals surface area (Å²) in [7, 11) is 1.53. The second-order valence-electron chi connectivity index (χ2n) is 5.75. The van der Waals surface area contributed by atoms with Crippen molar-refractivity contribution in [2.24, 2.45) is 0 Å². The van der Waals surface area contributed by atoms with Gasteiger partial charge in [0.05, 0.1) is 18.0 Å². The lowest BCUT2D eigenvalue weighted by atomic mass is 10.2. The Bertz CT molecular complexity index is 1080. The number of aromatic amines is 1. The zero-order valence-corrected chi connectivity index (χ0v) is 15.6. The minimum Gasteiger partial charge on any atom is -0.497 e. The highest BCUT2D eigenvalue weighted by atomic mass is 35.5. The first-order chi connectivity index (χ1) is 13.5. The molecule has 0 unspecified atom stereocenters. The summed E-state index contributed by atoms with van der Waals surface area (Å²) in [5.74, 6) is -0.300. The molecule has 9 heteroatoms. The van der Waals surface area contributed by atoms with Crippen LogP contribution in [0.3, 0.4) is 0 Å². The molecular weight excluding hydrogens is 386 g/mol. The van der Waals surface area contributed by atoms with Crippen molar-refractivity contribution in [2.75, 3.05) is 13.7 Å². The topological polar surface area (TPSA) is 110 Å². The fourth-order valence-electron chi connectivity index (χ4n) is 2.43. The van der Waals surface area contributed by atoms with Crippen molar-refractivity contribution in [1.82, 2.24) is 15.3 Å². The number of amides is 1. The molecule has 2 N–H and O–H groups in total. The standard InChI is InChI=1S/C19H16ClN3O5/c1-27-13-5-2-11(3-6-13)18(25)21-9-17(24)28-10-16-22-15-8-12(20)4-7-14(15)19(26)23-16/h2-8H,9-10H2,1H3,(H,21,25)(H,22,23,26). The lowest BCUT2D eigenvalue weighted by molar-refractivity contribution is -0.143. The van der Waals surface area contributed by atoms with E-state index in [2.05, 4.69) is 15.3 Å². The van der Waals surface area contributed by atoms with Crippen LogP contribution >= 0.6 is 11.6 Å². The van der Waals surface area contributed by atoms with E-state index in [0.29, 0.717) is 27.2 Å². The number of carbonyl (C=O) groups is 2. The van der Waals surface area contributed by atoms with Gasteiger partial charge in [0, 0.05) is 10.6 Å². The van der Waals surface area contributed by atoms with Gasteiger partial charge in [0.25, 0.3) is 11.5 Å². The summed E-state index contributed by atoms with van der Waals surface area (Å²) >= 11 is 5.90. The molecule has 0 fully saturated rings. The van der Waals surface area contributed by atoms with Crippen LogP contribution in [0.25, 0.3) is 10.9 Å². The van der Waals surface area contributed by atoms with Crippen LogP contribution in [0.15, 0.2) is 47.3 Å². The van der Waals surface area contributed by atoms with Gasteiger partial charge in [-0.15, -0.1) is 0 Å². The first kappa shape index (κ1) is 19.4. The highest BCUT2D eigenvalue weighted by Crippen LogP contribution is 2.14. The van der Waals surface area contributed by atoms with Crippen LogP contribution in [0.5, 0.6) is 5.75 Å². The Morgan fingerprint density at radius 2 is 1.93 bits per heavy atom. The van der Waals surface area contributed by atoms with E-state index in [9.17, 15) is 14.4 Å². The zero-order chi connectivity index (χ0) is 20.1. The van der Waals surface area contributed by atoms with Crippen molar-refractivity contribution in [3.8, 4) is 5.75 Å². The lowest BCUT2D eigenvalue weighted by Crippen LogP contribution is -2.30. The van der Waals surface area contributed by atoms with E-state index in [4.69, 9.17) is 21.1 Å². The number of benzene rings is 2. The SMILES string of the molecule is COc1ccc(C(=O)NCC(=O)OCc2nc3cc(Cl)ccc3c(=O)[nH]2)cc1. The number of rotatable bonds is 6. The smallest absolute Gasteiger partial charge is 0.325 e. The van der Waals surface area contributed by atoms with Gasteiger partial charge in [-0.25, -0.2) is 4.98 Å². The lowest BCUT2D eigenvalue weighted by Gasteiger charge is -2.07. The van der Waals surface area contributed by atoms with Crippen LogP contribution in [-0.2, 0) is 16.1 Å². The third-order valence-electron chi connectivity index (χ3n) is 3.83. The van der Waals surface area contributed by atoms with Crippen molar-refractivity contribution >= 4 is 34.4 Å². The van der Waals surface area contributed by atoms with Gasteiger partial charge in [0.1, 0.15) is 24.7 Å². The molecule has 28 heavy (non-hydrogen) atoms. The number of esters is 1. The Hall–Kier alpha value is -3.39. The monoisotopic (exact) mass is 401 g/mol. The number of aromatic nitrogens is 2. The Labute approximate surface area is 164 Å². The Balaban J connectivity index is 1.56. The molecule has 1 heterocycles. The molecule has 0 aliphatic heterocycles. The summed E-state index contributed by atoms with van der Waals surface area (Å²) in [5, 5.41) is 3.28. The van der Waals surface area contributed by atoms with Crippen molar-refractivity contribution in [2.45, 2.75) is 6.61 Å². The molecule has 0 atom stereocenters. The van der Waals surface area contributed by atoms with Crippen LogP contribution < -0.4 is 15.6 Å². The number of ether oxygens (including phenoxy) is 2. The number of hydrogen-bond acceptors (Lipinski definition) is 6. The van der Waals surface area contributed by atoms with Crippen LogP contribution in [0.1, 0.15) is 16.2 Å². The van der Waals surface area contributed by atoms with E-state index >= 15 is 0 Å². The van der Waals surface area contributed by atoms with Crippen molar-refractivity contribution in [1.29, 1.82) is 0 Å². The highest BCUT2D eigenvalue weighted by Gasteiger charge is 2.11. The van der Waals surface area contributed by atoms with E-state index < -0.39 is 11.9 Å². The zero-order valence-electron chi connectivity index (χ0n) is 14.8. The Morgan fingerprint density at radius 3 is 2.64 bits per heavy atom. The van der Waals surface area contributed by atoms with Crippen LogP contribution in [0.2, 0.25) is 5.02 Å². The van der Waals surface area contributed by atoms with E-state index in [1.165, 1.54) is 7.11 Å². The molecule has 3 rings (SSSR count). The molecule has 1 aromatic heterocycles. The number of carbonyl (C=O) groups excluding carboxylic acids is 2. The highest BCUT2D eigenvalue weighted by molar-refractivity contribution is 6.31. The molecule has 2 aromatic carbocycles. The normalized spacial score (nSPS) is 10.5. The van der Waals surface area contributed by atoms with Crippen molar-refractivity contribution < 1.29 is 19.1 Å². The van der Waals surface area contributed by atoms with Gasteiger partial charge >= 0.3 is 5.97 Å². The van der Waals surface area contributed by atoms with E-state index in [1.807, 2.05) is 0 Å². The van der Waals surface area contributed by atoms with Gasteiger partial charge < -0.3 is 19.8 Å². The molecule has 1 amide bonds. The fourth-order valence-corrected chi connectivity index (χ4v) is 2.59. The molecule has 0 aliphatic carbocycles. The van der Waals surface area contributed by atoms with Crippen molar-refractivity contribution in [3.63, 3.8) is 0 Å². The number of fused-ring (bicyclic) bond motifs is 1. The van der Waals surface area contributed by atoms with Gasteiger partial charge in [-0.3, -0.25) is 14.4 Å². The minimum atomic E-state index is -0.671. The molecule has 0 bridgehead atoms. The molecule has 0 radical (unpaired) electrons. The molecule has 0 saturated carbocycles. The van der Waals surface area contributed by atoms with Gasteiger partial charge in [-0.05, 0) is 42.5 Å². The van der Waals surface area contributed by atoms with Gasteiger partial charge in [-0.2, -0.15) is 0 Å². The summed E-state index contributed by atoms with van der Waals surface area (Å²) < 4.78 is 10.1. The predicted octanol–water partition coefficient (Wildman–Crippen LogP) is 2.06. The number of nitrogens with zero attached hydrogens (tertiary/aromatic N) is 1. The van der Waals surface area contributed by atoms with Crippen LogP contribution in [0.4, 0.5) is 0 Å². The quantitative estimate of drug-likeness (QED) is 0.612. The van der Waals surface area contributed by atoms with Gasteiger partial charge in [0.15, 0.2) is 0 Å². The van der Waals surface area contributed by atoms with Gasteiger partial charge in [0.2, 0.25) is 0 Å². The summed E-state index contributed by atoms with van der Waals surface area (Å²) in [6.07, 6.45) is 0. The number of hydrogen-bond donors (Lipinski definition) is 2. The second kappa shape index (κ2) is 8.53. The largest absolute Gasteiger partial charge is 0.497 e. The van der Waals surface area contributed by atoms with Crippen molar-refractivity contribution in [3.05, 3.63) is 69.2 Å². The third kappa shape index (κ3) is 4.66. The van der Waals surface area contributed by atoms with E-state index in [1.54, 1.807) is 42.5 Å². The summed E-state index contributed by atoms with van der Waals surface area (Å²) in [5.41, 5.74) is 0.418. The molecule has 3 aromatic rings. The fraction of sp³-hybridized carbons (Fsp3) is 0.158. The summed E-state index contributed by atoms with van der Waals surface area (Å²) in [4.78, 5) is 42.7. The number of halogens is 1. The minimum absolute atomic E-state index is 0.176. The van der Waals surface area contributed by atoms with Crippen LogP contribution in [0, 0.1) is 0 Å². The maximum Gasteiger partial charge on any atom is 0.325 e. The predicted molar refractivity (Wildman–Crippen MR) is 102 cm³/mol. The summed E-state index contributed by atoms with van der Waals surface area (Å²) in [6.45, 7) is -0.566. The average molecular weight is 402 g/mol. The number of H-pyrrole nitrogens is 1. The average Bonchev–Trinajstić information content (AvgIpc) is 2.70. The molecule has 144 valence electrons. The first-order valence-electron chi connectivity index (χ1n) is 8.22. The molecule has 0 aliphatic rings. The molecule has 8 nitrogen and oxygen atoms in total. The Morgan fingerprint density at radius 1 is 1.18 bits per heavy atom. The number of methoxy groups -OCH3 is 1. The molecule has 0 spiro atoms. The summed E-state index contributed by atoms with van der Waals surface area (Å²) in [6, 6.07) is 11.1. The molecule has 0 saturated heterocycles. The van der Waals surface area contributed by atoms with E-state index in [-0.39, 0.29) is 24.5 Å². The third-order valence-corrected chi connectivity index (χ3v) is 4.07. The Kier molecular flexibility index (Phi) is 5.90. The van der Waals surface area contributed by atoms with E-state index in [0.717, 1.165) is 0 Å². The van der Waals surface area contributed by atoms with Gasteiger partial charge in [-0.1, -0.05) is 11.6 Å². The first-order valence-corrected chi connectivity index (χ1v) is 8.60. The number of nitrogens with one attached hydrogen (secondary N) is 2. The van der Waals surface area contributed by atoms with Crippen LogP contribution in [-0.4, -0.2) is 35.5 Å². The maximum atomic E-state index is 12.0. The second-order valence-corrected chi connectivity index (χ2v) is 6.18. The molecular formula is C19H16ClN3O5.